The van der Waals surface area contributed by atoms with Crippen LogP contribution in [0.3, 0.4) is 0 Å². The summed E-state index contributed by atoms with van der Waals surface area (Å²) >= 11 is 0. The third-order valence-corrected chi connectivity index (χ3v) is 3.64. The van der Waals surface area contributed by atoms with Crippen molar-refractivity contribution in [1.29, 1.82) is 0 Å². The molecule has 0 aliphatic rings. The number of fused-ring (bicyclic) bond motifs is 1. The average molecular weight is 294 g/mol. The molecule has 0 saturated heterocycles. The second kappa shape index (κ2) is 5.52. The minimum atomic E-state index is -0.174. The summed E-state index contributed by atoms with van der Waals surface area (Å²) in [6.45, 7) is 3.90. The van der Waals surface area contributed by atoms with Gasteiger partial charge in [-0.2, -0.15) is 0 Å². The Morgan fingerprint density at radius 1 is 1.18 bits per heavy atom. The van der Waals surface area contributed by atoms with Crippen molar-refractivity contribution in [2.75, 3.05) is 17.7 Å². The van der Waals surface area contributed by atoms with Gasteiger partial charge in [-0.15, -0.1) is 0 Å². The molecule has 0 radical (unpaired) electrons. The van der Waals surface area contributed by atoms with Crippen LogP contribution in [0.2, 0.25) is 0 Å². The molecule has 112 valence electrons. The Bertz CT molecular complexity index is 851. The maximum Gasteiger partial charge on any atom is 0.272 e. The van der Waals surface area contributed by atoms with Crippen LogP contribution in [-0.2, 0) is 0 Å². The fraction of sp³-hybridized carbons (Fsp3) is 0.176. The maximum absolute atomic E-state index is 12.4. The zero-order chi connectivity index (χ0) is 15.7. The van der Waals surface area contributed by atoms with E-state index in [1.54, 1.807) is 6.20 Å². The van der Waals surface area contributed by atoms with Crippen LogP contribution in [0.25, 0.3) is 10.9 Å². The maximum atomic E-state index is 12.4. The number of aromatic amines is 1. The van der Waals surface area contributed by atoms with Gasteiger partial charge in [-0.1, -0.05) is 11.6 Å². The van der Waals surface area contributed by atoms with Gasteiger partial charge in [0.05, 0.1) is 23.3 Å². The Morgan fingerprint density at radius 3 is 2.77 bits per heavy atom. The highest BCUT2D eigenvalue weighted by Gasteiger charge is 2.12. The highest BCUT2D eigenvalue weighted by atomic mass is 16.1. The quantitative estimate of drug-likeness (QED) is 0.692. The lowest BCUT2D eigenvalue weighted by atomic mass is 10.2. The molecular weight excluding hydrogens is 276 g/mol. The number of nitrogens with one attached hydrogen (secondary N) is 3. The summed E-state index contributed by atoms with van der Waals surface area (Å²) < 4.78 is 0. The van der Waals surface area contributed by atoms with Gasteiger partial charge < -0.3 is 15.6 Å². The second-order valence-electron chi connectivity index (χ2n) is 5.33. The smallest absolute Gasteiger partial charge is 0.272 e. The molecule has 0 saturated carbocycles. The van der Waals surface area contributed by atoms with Gasteiger partial charge in [0, 0.05) is 18.0 Å². The van der Waals surface area contributed by atoms with E-state index in [4.69, 9.17) is 0 Å². The van der Waals surface area contributed by atoms with Crippen molar-refractivity contribution >= 4 is 28.2 Å². The van der Waals surface area contributed by atoms with Crippen LogP contribution < -0.4 is 10.6 Å². The van der Waals surface area contributed by atoms with Crippen LogP contribution in [0.4, 0.5) is 11.4 Å². The molecule has 0 atom stereocenters. The molecule has 0 aliphatic heterocycles. The number of hydrogen-bond acceptors (Lipinski definition) is 3. The van der Waals surface area contributed by atoms with E-state index in [-0.39, 0.29) is 5.91 Å². The Labute approximate surface area is 128 Å². The van der Waals surface area contributed by atoms with E-state index in [0.717, 1.165) is 22.3 Å². The summed E-state index contributed by atoms with van der Waals surface area (Å²) in [5, 5.41) is 6.95. The molecule has 0 fully saturated rings. The normalized spacial score (nSPS) is 10.7. The van der Waals surface area contributed by atoms with Gasteiger partial charge in [-0.05, 0) is 38.1 Å². The summed E-state index contributed by atoms with van der Waals surface area (Å²) in [5.74, 6) is -0.174. The highest BCUT2D eigenvalue weighted by molar-refractivity contribution is 6.06. The zero-order valence-corrected chi connectivity index (χ0v) is 12.8. The summed E-state index contributed by atoms with van der Waals surface area (Å²) in [5.41, 5.74) is 4.99. The van der Waals surface area contributed by atoms with E-state index in [1.807, 2.05) is 45.2 Å². The Kier molecular flexibility index (Phi) is 3.55. The summed E-state index contributed by atoms with van der Waals surface area (Å²) in [7, 11) is 1.82. The van der Waals surface area contributed by atoms with Gasteiger partial charge >= 0.3 is 0 Å². The molecule has 22 heavy (non-hydrogen) atoms. The van der Waals surface area contributed by atoms with Gasteiger partial charge in [-0.25, -0.2) is 0 Å². The highest BCUT2D eigenvalue weighted by Crippen LogP contribution is 2.20. The largest absolute Gasteiger partial charge is 0.387 e. The van der Waals surface area contributed by atoms with Crippen LogP contribution in [0.1, 0.15) is 21.7 Å². The van der Waals surface area contributed by atoms with Crippen molar-refractivity contribution < 1.29 is 4.79 Å². The van der Waals surface area contributed by atoms with E-state index in [0.29, 0.717) is 11.4 Å². The van der Waals surface area contributed by atoms with Gasteiger partial charge in [0.15, 0.2) is 0 Å². The lowest BCUT2D eigenvalue weighted by Crippen LogP contribution is -2.13. The van der Waals surface area contributed by atoms with E-state index in [9.17, 15) is 4.79 Å². The molecule has 3 rings (SSSR count). The number of carbonyl (C=O) groups excluding carboxylic acids is 1. The fourth-order valence-corrected chi connectivity index (χ4v) is 2.36. The topological polar surface area (TPSA) is 69.8 Å². The van der Waals surface area contributed by atoms with E-state index in [1.165, 1.54) is 5.56 Å². The Balaban J connectivity index is 1.90. The number of H-pyrrole nitrogens is 1. The predicted molar refractivity (Wildman–Crippen MR) is 89.5 cm³/mol. The molecule has 0 bridgehead atoms. The molecule has 0 unspecified atom stereocenters. The number of nitrogens with zero attached hydrogens (tertiary/aromatic N) is 1. The molecule has 5 heteroatoms. The van der Waals surface area contributed by atoms with Crippen molar-refractivity contribution in [3.8, 4) is 0 Å². The number of anilines is 2. The summed E-state index contributed by atoms with van der Waals surface area (Å²) in [6, 6.07) is 9.79. The number of amides is 1. The standard InChI is InChI=1S/C17H18N4O/c1-10-4-5-14-12(6-10)7-16(20-14)17(22)21-15-8-13(18-3)9-19-11(15)2/h4-9,18,20H,1-3H3,(H,21,22). The van der Waals surface area contributed by atoms with E-state index in [2.05, 4.69) is 26.7 Å². The first-order chi connectivity index (χ1) is 10.6. The SMILES string of the molecule is CNc1cnc(C)c(NC(=O)c2cc3cc(C)ccc3[nH]2)c1. The monoisotopic (exact) mass is 294 g/mol. The molecule has 3 N–H and O–H groups in total. The van der Waals surface area contributed by atoms with Crippen molar-refractivity contribution in [3.05, 3.63) is 53.5 Å². The minimum Gasteiger partial charge on any atom is -0.387 e. The summed E-state index contributed by atoms with van der Waals surface area (Å²) in [6.07, 6.45) is 1.73. The molecule has 0 aliphatic carbocycles. The first-order valence-electron chi connectivity index (χ1n) is 7.12. The van der Waals surface area contributed by atoms with Crippen molar-refractivity contribution in [2.45, 2.75) is 13.8 Å². The molecular formula is C17H18N4O. The van der Waals surface area contributed by atoms with Crippen molar-refractivity contribution in [1.82, 2.24) is 9.97 Å². The van der Waals surface area contributed by atoms with Gasteiger partial charge in [0.2, 0.25) is 0 Å². The molecule has 1 amide bonds. The number of aromatic nitrogens is 2. The van der Waals surface area contributed by atoms with E-state index < -0.39 is 0 Å². The molecule has 2 heterocycles. The first kappa shape index (κ1) is 14.1. The summed E-state index contributed by atoms with van der Waals surface area (Å²) in [4.78, 5) is 19.8. The third kappa shape index (κ3) is 2.65. The first-order valence-corrected chi connectivity index (χ1v) is 7.12. The van der Waals surface area contributed by atoms with E-state index >= 15 is 0 Å². The lowest BCUT2D eigenvalue weighted by Gasteiger charge is -2.09. The third-order valence-electron chi connectivity index (χ3n) is 3.64. The Hall–Kier alpha value is -2.82. The second-order valence-corrected chi connectivity index (χ2v) is 5.33. The molecule has 2 aromatic heterocycles. The zero-order valence-electron chi connectivity index (χ0n) is 12.8. The number of benzene rings is 1. The number of carbonyl (C=O) groups is 1. The predicted octanol–water partition coefficient (Wildman–Crippen LogP) is 3.47. The van der Waals surface area contributed by atoms with Crippen LogP contribution in [0.5, 0.6) is 0 Å². The molecule has 0 spiro atoms. The minimum absolute atomic E-state index is 0.174. The van der Waals surface area contributed by atoms with Gasteiger partial charge in [0.1, 0.15) is 5.69 Å². The van der Waals surface area contributed by atoms with Crippen molar-refractivity contribution in [3.63, 3.8) is 0 Å². The van der Waals surface area contributed by atoms with Crippen molar-refractivity contribution in [2.24, 2.45) is 0 Å². The number of aryl methyl sites for hydroxylation is 2. The van der Waals surface area contributed by atoms with Crippen LogP contribution in [0.15, 0.2) is 36.5 Å². The number of pyridine rings is 1. The van der Waals surface area contributed by atoms with Crippen LogP contribution in [0, 0.1) is 13.8 Å². The van der Waals surface area contributed by atoms with Crippen LogP contribution >= 0.6 is 0 Å². The van der Waals surface area contributed by atoms with Gasteiger partial charge in [0.25, 0.3) is 5.91 Å². The Morgan fingerprint density at radius 2 is 2.00 bits per heavy atom. The number of hydrogen-bond donors (Lipinski definition) is 3. The molecule has 1 aromatic carbocycles. The lowest BCUT2D eigenvalue weighted by molar-refractivity contribution is 0.102. The number of rotatable bonds is 3. The van der Waals surface area contributed by atoms with Gasteiger partial charge in [-0.3, -0.25) is 9.78 Å². The average Bonchev–Trinajstić information content (AvgIpc) is 2.92. The fourth-order valence-electron chi connectivity index (χ4n) is 2.36. The van der Waals surface area contributed by atoms with Crippen LogP contribution in [-0.4, -0.2) is 22.9 Å². The molecule has 5 nitrogen and oxygen atoms in total. The molecule has 3 aromatic rings.